The van der Waals surface area contributed by atoms with E-state index in [1.807, 2.05) is 18.3 Å². The maximum atomic E-state index is 12.4. The van der Waals surface area contributed by atoms with E-state index in [0.29, 0.717) is 12.1 Å². The topological polar surface area (TPSA) is 61.6 Å². The van der Waals surface area contributed by atoms with Crippen LogP contribution >= 0.6 is 0 Å². The minimum atomic E-state index is -0.149. The Morgan fingerprint density at radius 3 is 2.54 bits per heavy atom. The smallest absolute Gasteiger partial charge is 0.253 e. The van der Waals surface area contributed by atoms with Gasteiger partial charge in [-0.15, -0.1) is 0 Å². The van der Waals surface area contributed by atoms with E-state index in [-0.39, 0.29) is 5.91 Å². The van der Waals surface area contributed by atoms with Crippen LogP contribution in [-0.2, 0) is 6.54 Å². The highest BCUT2D eigenvalue weighted by atomic mass is 16.3. The summed E-state index contributed by atoms with van der Waals surface area (Å²) in [5.74, 6) is 0.578. The third-order valence-electron chi connectivity index (χ3n) is 5.00. The van der Waals surface area contributed by atoms with Crippen molar-refractivity contribution in [2.45, 2.75) is 13.5 Å². The van der Waals surface area contributed by atoms with Gasteiger partial charge in [-0.1, -0.05) is 12.1 Å². The molecule has 1 aliphatic rings. The molecule has 3 heterocycles. The van der Waals surface area contributed by atoms with Crippen LogP contribution in [0.15, 0.2) is 65.5 Å². The minimum Gasteiger partial charge on any atom is -0.467 e. The fraction of sp³-hybridized carbons (Fsp3) is 0.273. The molecule has 3 aromatic rings. The molecule has 2 aromatic heterocycles. The first-order valence-electron chi connectivity index (χ1n) is 9.51. The van der Waals surface area contributed by atoms with Crippen LogP contribution in [0.25, 0.3) is 0 Å². The SMILES string of the molecule is Cc1cccc(N2CCN(c3cncc(C(=O)NCc4ccco4)c3)CC2)c1. The van der Waals surface area contributed by atoms with Crippen molar-refractivity contribution in [1.29, 1.82) is 0 Å². The minimum absolute atomic E-state index is 0.149. The Labute approximate surface area is 164 Å². The van der Waals surface area contributed by atoms with Gasteiger partial charge in [-0.3, -0.25) is 9.78 Å². The first kappa shape index (κ1) is 18.1. The van der Waals surface area contributed by atoms with E-state index >= 15 is 0 Å². The Bertz CT molecular complexity index is 931. The third-order valence-corrected chi connectivity index (χ3v) is 5.00. The molecule has 0 aliphatic carbocycles. The van der Waals surface area contributed by atoms with Gasteiger partial charge in [0.05, 0.1) is 30.3 Å². The number of hydrogen-bond acceptors (Lipinski definition) is 5. The molecule has 0 bridgehead atoms. The van der Waals surface area contributed by atoms with Gasteiger partial charge in [-0.2, -0.15) is 0 Å². The number of benzene rings is 1. The molecule has 1 amide bonds. The van der Waals surface area contributed by atoms with Gasteiger partial charge in [0.25, 0.3) is 5.91 Å². The fourth-order valence-electron chi connectivity index (χ4n) is 3.46. The van der Waals surface area contributed by atoms with Crippen LogP contribution in [0.2, 0.25) is 0 Å². The molecule has 4 rings (SSSR count). The van der Waals surface area contributed by atoms with Gasteiger partial charge in [0, 0.05) is 38.1 Å². The lowest BCUT2D eigenvalue weighted by molar-refractivity contribution is 0.0947. The monoisotopic (exact) mass is 376 g/mol. The fourth-order valence-corrected chi connectivity index (χ4v) is 3.46. The number of rotatable bonds is 5. The van der Waals surface area contributed by atoms with Gasteiger partial charge in [-0.25, -0.2) is 0 Å². The molecule has 28 heavy (non-hydrogen) atoms. The van der Waals surface area contributed by atoms with Crippen molar-refractivity contribution in [2.75, 3.05) is 36.0 Å². The van der Waals surface area contributed by atoms with Crippen molar-refractivity contribution in [2.24, 2.45) is 0 Å². The largest absolute Gasteiger partial charge is 0.467 e. The lowest BCUT2D eigenvalue weighted by Gasteiger charge is -2.37. The standard InChI is InChI=1S/C22H24N4O2/c1-17-4-2-5-19(12-17)25-7-9-26(10-8-25)20-13-18(14-23-15-20)22(27)24-16-21-6-3-11-28-21/h2-6,11-15H,7-10,16H2,1H3,(H,24,27). The highest BCUT2D eigenvalue weighted by molar-refractivity contribution is 5.94. The number of furan rings is 1. The number of amides is 1. The van der Waals surface area contributed by atoms with Crippen LogP contribution in [0.3, 0.4) is 0 Å². The van der Waals surface area contributed by atoms with Crippen LogP contribution < -0.4 is 15.1 Å². The summed E-state index contributed by atoms with van der Waals surface area (Å²) in [4.78, 5) is 21.4. The van der Waals surface area contributed by atoms with E-state index in [2.05, 4.69) is 51.3 Å². The van der Waals surface area contributed by atoms with Gasteiger partial charge >= 0.3 is 0 Å². The first-order valence-corrected chi connectivity index (χ1v) is 9.51. The van der Waals surface area contributed by atoms with Crippen molar-refractivity contribution in [3.05, 3.63) is 78.0 Å². The summed E-state index contributed by atoms with van der Waals surface area (Å²) in [6.45, 7) is 6.16. The highest BCUT2D eigenvalue weighted by Crippen LogP contribution is 2.21. The molecule has 1 N–H and O–H groups in total. The number of aryl methyl sites for hydroxylation is 1. The Morgan fingerprint density at radius 2 is 1.82 bits per heavy atom. The summed E-state index contributed by atoms with van der Waals surface area (Å²) in [5.41, 5.74) is 4.08. The highest BCUT2D eigenvalue weighted by Gasteiger charge is 2.19. The Kier molecular flexibility index (Phi) is 5.28. The molecule has 6 nitrogen and oxygen atoms in total. The van der Waals surface area contributed by atoms with E-state index in [9.17, 15) is 4.79 Å². The van der Waals surface area contributed by atoms with Crippen LogP contribution in [0.4, 0.5) is 11.4 Å². The molecule has 144 valence electrons. The molecule has 0 radical (unpaired) electrons. The second kappa shape index (κ2) is 8.17. The average molecular weight is 376 g/mol. The number of hydrogen-bond donors (Lipinski definition) is 1. The van der Waals surface area contributed by atoms with E-state index in [4.69, 9.17) is 4.42 Å². The van der Waals surface area contributed by atoms with Gasteiger partial charge in [0.2, 0.25) is 0 Å². The number of carbonyl (C=O) groups is 1. The predicted octanol–water partition coefficient (Wildman–Crippen LogP) is 3.24. The number of nitrogens with one attached hydrogen (secondary N) is 1. The second-order valence-corrected chi connectivity index (χ2v) is 7.01. The second-order valence-electron chi connectivity index (χ2n) is 7.01. The summed E-state index contributed by atoms with van der Waals surface area (Å²) in [7, 11) is 0. The maximum Gasteiger partial charge on any atom is 0.253 e. The lowest BCUT2D eigenvalue weighted by atomic mass is 10.1. The molecule has 6 heteroatoms. The molecule has 0 atom stereocenters. The predicted molar refractivity (Wildman–Crippen MR) is 110 cm³/mol. The maximum absolute atomic E-state index is 12.4. The van der Waals surface area contributed by atoms with Gasteiger partial charge < -0.3 is 19.5 Å². The zero-order valence-corrected chi connectivity index (χ0v) is 16.0. The van der Waals surface area contributed by atoms with Gasteiger partial charge in [0.1, 0.15) is 5.76 Å². The number of pyridine rings is 1. The van der Waals surface area contributed by atoms with Crippen molar-refractivity contribution in [3.8, 4) is 0 Å². The van der Waals surface area contributed by atoms with Crippen LogP contribution in [-0.4, -0.2) is 37.1 Å². The van der Waals surface area contributed by atoms with E-state index < -0.39 is 0 Å². The zero-order valence-electron chi connectivity index (χ0n) is 16.0. The Balaban J connectivity index is 1.37. The molecule has 1 aliphatic heterocycles. The summed E-state index contributed by atoms with van der Waals surface area (Å²) in [5, 5.41) is 2.87. The number of piperazine rings is 1. The van der Waals surface area contributed by atoms with Crippen LogP contribution in [0, 0.1) is 6.92 Å². The molecular formula is C22H24N4O2. The number of carbonyl (C=O) groups excluding carboxylic acids is 1. The number of nitrogens with zero attached hydrogens (tertiary/aromatic N) is 3. The zero-order chi connectivity index (χ0) is 19.3. The quantitative estimate of drug-likeness (QED) is 0.741. The number of anilines is 2. The average Bonchev–Trinajstić information content (AvgIpc) is 3.26. The molecule has 1 saturated heterocycles. The summed E-state index contributed by atoms with van der Waals surface area (Å²) in [6.07, 6.45) is 5.02. The summed E-state index contributed by atoms with van der Waals surface area (Å²) in [6, 6.07) is 14.2. The van der Waals surface area contributed by atoms with Crippen LogP contribution in [0.5, 0.6) is 0 Å². The first-order chi connectivity index (χ1) is 13.7. The molecular weight excluding hydrogens is 352 g/mol. The molecule has 0 unspecified atom stereocenters. The Morgan fingerprint density at radius 1 is 1.04 bits per heavy atom. The van der Waals surface area contributed by atoms with Crippen molar-refractivity contribution >= 4 is 17.3 Å². The van der Waals surface area contributed by atoms with E-state index in [0.717, 1.165) is 37.6 Å². The normalized spacial score (nSPS) is 14.2. The number of aromatic nitrogens is 1. The Hall–Kier alpha value is -3.28. The summed E-state index contributed by atoms with van der Waals surface area (Å²) >= 11 is 0. The molecule has 1 aromatic carbocycles. The van der Waals surface area contributed by atoms with Crippen molar-refractivity contribution in [1.82, 2.24) is 10.3 Å². The molecule has 1 fully saturated rings. The van der Waals surface area contributed by atoms with E-state index in [1.54, 1.807) is 18.5 Å². The van der Waals surface area contributed by atoms with E-state index in [1.165, 1.54) is 11.3 Å². The van der Waals surface area contributed by atoms with Crippen LogP contribution in [0.1, 0.15) is 21.7 Å². The van der Waals surface area contributed by atoms with Gasteiger partial charge in [0.15, 0.2) is 0 Å². The van der Waals surface area contributed by atoms with Gasteiger partial charge in [-0.05, 0) is 42.8 Å². The molecule has 0 saturated carbocycles. The molecule has 0 spiro atoms. The van der Waals surface area contributed by atoms with Crippen molar-refractivity contribution < 1.29 is 9.21 Å². The summed E-state index contributed by atoms with van der Waals surface area (Å²) < 4.78 is 5.25. The third kappa shape index (κ3) is 4.17. The lowest BCUT2D eigenvalue weighted by Crippen LogP contribution is -2.46. The van der Waals surface area contributed by atoms with Crippen molar-refractivity contribution in [3.63, 3.8) is 0 Å².